The summed E-state index contributed by atoms with van der Waals surface area (Å²) in [5.41, 5.74) is 0.730. The normalized spacial score (nSPS) is 14.0. The van der Waals surface area contributed by atoms with Crippen LogP contribution in [0, 0.1) is 0 Å². The fourth-order valence-electron chi connectivity index (χ4n) is 1.49. The molecule has 5 heteroatoms. The van der Waals surface area contributed by atoms with Crippen LogP contribution in [0.3, 0.4) is 0 Å². The number of hydrogen-bond acceptors (Lipinski definition) is 5. The van der Waals surface area contributed by atoms with Crippen LogP contribution in [0.15, 0.2) is 23.2 Å². The summed E-state index contributed by atoms with van der Waals surface area (Å²) in [5, 5.41) is 3.06. The summed E-state index contributed by atoms with van der Waals surface area (Å²) in [5.74, 6) is 1.38. The first-order chi connectivity index (χ1) is 7.85. The smallest absolute Gasteiger partial charge is 0.289 e. The molecule has 1 aromatic carbocycles. The van der Waals surface area contributed by atoms with Crippen molar-refractivity contribution in [2.45, 2.75) is 0 Å². The van der Waals surface area contributed by atoms with E-state index >= 15 is 0 Å². The van der Waals surface area contributed by atoms with Crippen molar-refractivity contribution >= 4 is 11.7 Å². The first-order valence-corrected chi connectivity index (χ1v) is 5.00. The number of aliphatic imine (C=N–C) groups is 1. The number of amidine groups is 1. The molecule has 0 aromatic heterocycles. The molecule has 0 saturated carbocycles. The van der Waals surface area contributed by atoms with Crippen molar-refractivity contribution in [3.05, 3.63) is 18.2 Å². The summed E-state index contributed by atoms with van der Waals surface area (Å²) >= 11 is 0. The lowest BCUT2D eigenvalue weighted by molar-refractivity contribution is 0.345. The Morgan fingerprint density at radius 3 is 2.44 bits per heavy atom. The van der Waals surface area contributed by atoms with Gasteiger partial charge in [0.1, 0.15) is 23.8 Å². The van der Waals surface area contributed by atoms with Crippen LogP contribution in [0.2, 0.25) is 0 Å². The lowest BCUT2D eigenvalue weighted by atomic mass is 10.2. The van der Waals surface area contributed by atoms with E-state index in [0.29, 0.717) is 30.7 Å². The maximum Gasteiger partial charge on any atom is 0.289 e. The molecule has 0 saturated heterocycles. The maximum absolute atomic E-state index is 5.28. The second kappa shape index (κ2) is 4.74. The second-order valence-electron chi connectivity index (χ2n) is 3.20. The topological polar surface area (TPSA) is 52.1 Å². The van der Waals surface area contributed by atoms with Crippen LogP contribution in [0.1, 0.15) is 0 Å². The molecule has 0 aliphatic carbocycles. The Hall–Kier alpha value is -1.91. The summed E-state index contributed by atoms with van der Waals surface area (Å²) in [7, 11) is 3.22. The molecule has 1 aromatic rings. The van der Waals surface area contributed by atoms with Gasteiger partial charge in [-0.05, 0) is 12.1 Å². The molecule has 1 aliphatic rings. The quantitative estimate of drug-likeness (QED) is 0.842. The molecule has 0 amide bonds. The molecule has 0 bridgehead atoms. The zero-order valence-corrected chi connectivity index (χ0v) is 9.32. The molecule has 16 heavy (non-hydrogen) atoms. The third-order valence-corrected chi connectivity index (χ3v) is 2.25. The largest absolute Gasteiger partial charge is 0.494 e. The van der Waals surface area contributed by atoms with Crippen molar-refractivity contribution < 1.29 is 14.2 Å². The highest BCUT2D eigenvalue weighted by molar-refractivity contribution is 5.93. The lowest BCUT2D eigenvalue weighted by Gasteiger charge is -2.13. The molecular weight excluding hydrogens is 208 g/mol. The van der Waals surface area contributed by atoms with Crippen molar-refractivity contribution in [1.29, 1.82) is 0 Å². The Morgan fingerprint density at radius 1 is 1.25 bits per heavy atom. The molecule has 86 valence electrons. The highest BCUT2D eigenvalue weighted by Gasteiger charge is 2.14. The maximum atomic E-state index is 5.28. The molecule has 1 aliphatic heterocycles. The van der Waals surface area contributed by atoms with E-state index in [1.54, 1.807) is 14.2 Å². The Labute approximate surface area is 94.0 Å². The van der Waals surface area contributed by atoms with E-state index in [1.807, 2.05) is 18.2 Å². The number of nitrogens with one attached hydrogen (secondary N) is 1. The van der Waals surface area contributed by atoms with Crippen LogP contribution in [-0.4, -0.2) is 33.4 Å². The molecular formula is C11H14N2O3. The fourth-order valence-corrected chi connectivity index (χ4v) is 1.49. The number of nitrogens with zero attached hydrogens (tertiary/aromatic N) is 1. The standard InChI is InChI=1S/C11H14N2O3/c1-14-8-4-3-5-9(15-2)10(8)13-11-12-6-7-16-11/h3-5H,6-7H2,1-2H3,(H,12,13). The van der Waals surface area contributed by atoms with Gasteiger partial charge in [-0.15, -0.1) is 0 Å². The van der Waals surface area contributed by atoms with Gasteiger partial charge in [-0.1, -0.05) is 6.07 Å². The Kier molecular flexibility index (Phi) is 3.14. The second-order valence-corrected chi connectivity index (χ2v) is 3.20. The van der Waals surface area contributed by atoms with Crippen LogP contribution < -0.4 is 14.8 Å². The van der Waals surface area contributed by atoms with Gasteiger partial charge in [0.2, 0.25) is 0 Å². The van der Waals surface area contributed by atoms with Gasteiger partial charge in [-0.2, -0.15) is 0 Å². The first-order valence-electron chi connectivity index (χ1n) is 5.00. The van der Waals surface area contributed by atoms with Gasteiger partial charge in [0.05, 0.1) is 20.8 Å². The van der Waals surface area contributed by atoms with Crippen LogP contribution >= 0.6 is 0 Å². The van der Waals surface area contributed by atoms with E-state index in [2.05, 4.69) is 10.3 Å². The summed E-state index contributed by atoms with van der Waals surface area (Å²) < 4.78 is 15.8. The van der Waals surface area contributed by atoms with Gasteiger partial charge in [-0.25, -0.2) is 4.99 Å². The van der Waals surface area contributed by atoms with Crippen molar-refractivity contribution in [2.24, 2.45) is 4.99 Å². The van der Waals surface area contributed by atoms with E-state index in [0.717, 1.165) is 5.69 Å². The van der Waals surface area contributed by atoms with Gasteiger partial charge in [0.15, 0.2) is 0 Å². The molecule has 0 radical (unpaired) electrons. The van der Waals surface area contributed by atoms with Gasteiger partial charge >= 0.3 is 0 Å². The average molecular weight is 222 g/mol. The molecule has 1 heterocycles. The Bertz CT molecular complexity index is 382. The molecule has 5 nitrogen and oxygen atoms in total. The molecule has 0 unspecified atom stereocenters. The average Bonchev–Trinajstić information content (AvgIpc) is 2.82. The molecule has 0 atom stereocenters. The van der Waals surface area contributed by atoms with Crippen molar-refractivity contribution in [1.82, 2.24) is 0 Å². The minimum Gasteiger partial charge on any atom is -0.494 e. The fraction of sp³-hybridized carbons (Fsp3) is 0.364. The van der Waals surface area contributed by atoms with E-state index in [4.69, 9.17) is 14.2 Å². The van der Waals surface area contributed by atoms with Crippen molar-refractivity contribution in [3.8, 4) is 11.5 Å². The monoisotopic (exact) mass is 222 g/mol. The predicted octanol–water partition coefficient (Wildman–Crippen LogP) is 1.50. The van der Waals surface area contributed by atoms with E-state index in [-0.39, 0.29) is 0 Å². The lowest BCUT2D eigenvalue weighted by Crippen LogP contribution is -2.13. The van der Waals surface area contributed by atoms with Gasteiger partial charge in [0.25, 0.3) is 6.02 Å². The Balaban J connectivity index is 2.28. The highest BCUT2D eigenvalue weighted by Crippen LogP contribution is 2.34. The SMILES string of the molecule is COc1cccc(OC)c1NC1=NCCO1. The third-order valence-electron chi connectivity index (χ3n) is 2.25. The summed E-state index contributed by atoms with van der Waals surface area (Å²) in [6, 6.07) is 6.06. The van der Waals surface area contributed by atoms with Crippen molar-refractivity contribution in [2.75, 3.05) is 32.7 Å². The minimum absolute atomic E-state index is 0.503. The van der Waals surface area contributed by atoms with Crippen LogP contribution in [-0.2, 0) is 4.74 Å². The molecule has 0 fully saturated rings. The number of ether oxygens (including phenoxy) is 3. The number of rotatable bonds is 3. The highest BCUT2D eigenvalue weighted by atomic mass is 16.5. The van der Waals surface area contributed by atoms with Gasteiger partial charge < -0.3 is 19.5 Å². The predicted molar refractivity (Wildman–Crippen MR) is 61.4 cm³/mol. The van der Waals surface area contributed by atoms with E-state index in [9.17, 15) is 0 Å². The van der Waals surface area contributed by atoms with Crippen LogP contribution in [0.4, 0.5) is 5.69 Å². The van der Waals surface area contributed by atoms with Crippen molar-refractivity contribution in [3.63, 3.8) is 0 Å². The minimum atomic E-state index is 0.503. The van der Waals surface area contributed by atoms with Crippen LogP contribution in [0.5, 0.6) is 11.5 Å². The number of methoxy groups -OCH3 is 2. The third kappa shape index (κ3) is 2.03. The number of hydrogen-bond donors (Lipinski definition) is 1. The van der Waals surface area contributed by atoms with Crippen LogP contribution in [0.25, 0.3) is 0 Å². The van der Waals surface area contributed by atoms with E-state index in [1.165, 1.54) is 0 Å². The Morgan fingerprint density at radius 2 is 1.94 bits per heavy atom. The first kappa shape index (κ1) is 10.6. The number of para-hydroxylation sites is 1. The summed E-state index contributed by atoms with van der Waals surface area (Å²) in [6.45, 7) is 1.29. The van der Waals surface area contributed by atoms with E-state index < -0.39 is 0 Å². The summed E-state index contributed by atoms with van der Waals surface area (Å²) in [6.07, 6.45) is 0. The van der Waals surface area contributed by atoms with Gasteiger partial charge in [-0.3, -0.25) is 0 Å². The molecule has 1 N–H and O–H groups in total. The zero-order chi connectivity index (χ0) is 11.4. The molecule has 0 spiro atoms. The number of benzene rings is 1. The molecule has 2 rings (SSSR count). The number of anilines is 1. The zero-order valence-electron chi connectivity index (χ0n) is 9.32. The van der Waals surface area contributed by atoms with Gasteiger partial charge in [0, 0.05) is 0 Å². The summed E-state index contributed by atoms with van der Waals surface area (Å²) in [4.78, 5) is 4.15.